The van der Waals surface area contributed by atoms with Crippen LogP contribution in [0.15, 0.2) is 28.7 Å². The molecule has 3 rings (SSSR count). The first-order valence-electron chi connectivity index (χ1n) is 7.18. The topological polar surface area (TPSA) is 39.3 Å². The zero-order valence-corrected chi connectivity index (χ0v) is 13.7. The molecule has 1 N–H and O–H groups in total. The quantitative estimate of drug-likeness (QED) is 0.856. The molecule has 0 atom stereocenters. The number of fused-ring (bicyclic) bond motifs is 1. The van der Waals surface area contributed by atoms with Crippen LogP contribution in [0.4, 0.5) is 13.2 Å². The Bertz CT molecular complexity index is 720. The summed E-state index contributed by atoms with van der Waals surface area (Å²) in [5.41, 5.74) is 1.31. The zero-order valence-electron chi connectivity index (χ0n) is 12.2. The molecule has 1 aliphatic heterocycles. The van der Waals surface area contributed by atoms with Gasteiger partial charge in [-0.15, -0.1) is 0 Å². The van der Waals surface area contributed by atoms with Crippen LogP contribution in [0.2, 0.25) is 0 Å². The van der Waals surface area contributed by atoms with Crippen molar-refractivity contribution in [1.82, 2.24) is 14.8 Å². The van der Waals surface area contributed by atoms with Gasteiger partial charge in [0.25, 0.3) is 5.91 Å². The van der Waals surface area contributed by atoms with Gasteiger partial charge in [-0.1, -0.05) is 15.9 Å². The van der Waals surface area contributed by atoms with Gasteiger partial charge in [-0.05, 0) is 24.3 Å². The number of carbonyl (C=O) groups is 1. The molecule has 1 aromatic heterocycles. The van der Waals surface area contributed by atoms with Gasteiger partial charge in [0.1, 0.15) is 5.69 Å². The van der Waals surface area contributed by atoms with Crippen molar-refractivity contribution >= 4 is 32.7 Å². The van der Waals surface area contributed by atoms with Crippen molar-refractivity contribution in [3.63, 3.8) is 0 Å². The lowest BCUT2D eigenvalue weighted by Gasteiger charge is -2.34. The van der Waals surface area contributed by atoms with Crippen LogP contribution in [0.5, 0.6) is 0 Å². The van der Waals surface area contributed by atoms with Crippen LogP contribution in [-0.4, -0.2) is 59.6 Å². The molecule has 1 aromatic carbocycles. The molecule has 0 saturated carbocycles. The molecule has 1 fully saturated rings. The molecule has 0 radical (unpaired) electrons. The molecule has 23 heavy (non-hydrogen) atoms. The van der Waals surface area contributed by atoms with Crippen molar-refractivity contribution < 1.29 is 18.0 Å². The van der Waals surface area contributed by atoms with Gasteiger partial charge in [0, 0.05) is 41.6 Å². The summed E-state index contributed by atoms with van der Waals surface area (Å²) in [4.78, 5) is 18.5. The summed E-state index contributed by atoms with van der Waals surface area (Å²) in [6.45, 7) is 0.144. The van der Waals surface area contributed by atoms with Gasteiger partial charge in [0.05, 0.1) is 6.54 Å². The third-order valence-corrected chi connectivity index (χ3v) is 4.37. The maximum Gasteiger partial charge on any atom is 0.401 e. The van der Waals surface area contributed by atoms with Crippen LogP contribution >= 0.6 is 15.9 Å². The Labute approximate surface area is 139 Å². The normalized spacial score (nSPS) is 17.0. The summed E-state index contributed by atoms with van der Waals surface area (Å²) in [6.07, 6.45) is -4.20. The maximum atomic E-state index is 12.5. The smallest absolute Gasteiger partial charge is 0.351 e. The number of carbonyl (C=O) groups excluding carboxylic acids is 1. The van der Waals surface area contributed by atoms with Crippen LogP contribution in [0.25, 0.3) is 10.9 Å². The van der Waals surface area contributed by atoms with Crippen molar-refractivity contribution in [3.8, 4) is 0 Å². The highest BCUT2D eigenvalue weighted by Gasteiger charge is 2.33. The van der Waals surface area contributed by atoms with E-state index in [0.717, 1.165) is 15.4 Å². The molecule has 0 aliphatic carbocycles. The van der Waals surface area contributed by atoms with Crippen molar-refractivity contribution in [2.24, 2.45) is 0 Å². The predicted octanol–water partition coefficient (Wildman–Crippen LogP) is 3.25. The largest absolute Gasteiger partial charge is 0.401 e. The number of H-pyrrole nitrogens is 1. The number of benzene rings is 1. The molecule has 2 heterocycles. The van der Waals surface area contributed by atoms with Crippen LogP contribution in [-0.2, 0) is 0 Å². The van der Waals surface area contributed by atoms with Crippen molar-refractivity contribution in [2.75, 3.05) is 32.7 Å². The second kappa shape index (κ2) is 6.16. The van der Waals surface area contributed by atoms with E-state index in [0.29, 0.717) is 18.8 Å². The molecule has 0 spiro atoms. The SMILES string of the molecule is O=C(c1cc2cc(Br)ccc2[nH]1)N1CCN(CC(F)(F)F)CC1. The number of aromatic amines is 1. The summed E-state index contributed by atoms with van der Waals surface area (Å²) >= 11 is 3.38. The van der Waals surface area contributed by atoms with Gasteiger partial charge >= 0.3 is 6.18 Å². The van der Waals surface area contributed by atoms with Gasteiger partial charge in [-0.3, -0.25) is 9.69 Å². The molecule has 4 nitrogen and oxygen atoms in total. The molecule has 1 aliphatic rings. The highest BCUT2D eigenvalue weighted by atomic mass is 79.9. The highest BCUT2D eigenvalue weighted by Crippen LogP contribution is 2.22. The number of halogens is 4. The Morgan fingerprint density at radius 3 is 2.52 bits per heavy atom. The van der Waals surface area contributed by atoms with Gasteiger partial charge in [-0.2, -0.15) is 13.2 Å². The van der Waals surface area contributed by atoms with Crippen LogP contribution in [0.1, 0.15) is 10.5 Å². The van der Waals surface area contributed by atoms with E-state index < -0.39 is 12.7 Å². The molecular weight excluding hydrogens is 375 g/mol. The summed E-state index contributed by atoms with van der Waals surface area (Å²) in [7, 11) is 0. The number of nitrogens with one attached hydrogen (secondary N) is 1. The Hall–Kier alpha value is -1.54. The Kier molecular flexibility index (Phi) is 4.37. The molecule has 1 saturated heterocycles. The first kappa shape index (κ1) is 16.3. The third-order valence-electron chi connectivity index (χ3n) is 3.88. The predicted molar refractivity (Wildman–Crippen MR) is 84.4 cm³/mol. The summed E-state index contributed by atoms with van der Waals surface area (Å²) in [5.74, 6) is -0.177. The van der Waals surface area contributed by atoms with Gasteiger partial charge in [0.2, 0.25) is 0 Å². The minimum atomic E-state index is -4.20. The minimum Gasteiger partial charge on any atom is -0.351 e. The number of piperazine rings is 1. The van der Waals surface area contributed by atoms with E-state index in [-0.39, 0.29) is 19.0 Å². The van der Waals surface area contributed by atoms with Crippen molar-refractivity contribution in [2.45, 2.75) is 6.18 Å². The van der Waals surface area contributed by atoms with E-state index in [4.69, 9.17) is 0 Å². The molecule has 0 bridgehead atoms. The molecule has 0 unspecified atom stereocenters. The van der Waals surface area contributed by atoms with E-state index in [2.05, 4.69) is 20.9 Å². The number of nitrogens with zero attached hydrogens (tertiary/aromatic N) is 2. The van der Waals surface area contributed by atoms with Crippen molar-refractivity contribution in [3.05, 3.63) is 34.4 Å². The Morgan fingerprint density at radius 1 is 1.17 bits per heavy atom. The second-order valence-electron chi connectivity index (χ2n) is 5.60. The zero-order chi connectivity index (χ0) is 16.6. The number of rotatable bonds is 2. The van der Waals surface area contributed by atoms with Crippen molar-refractivity contribution in [1.29, 1.82) is 0 Å². The van der Waals surface area contributed by atoms with E-state index in [1.165, 1.54) is 4.90 Å². The Morgan fingerprint density at radius 2 is 1.87 bits per heavy atom. The lowest BCUT2D eigenvalue weighted by Crippen LogP contribution is -2.51. The first-order chi connectivity index (χ1) is 10.8. The molecule has 8 heteroatoms. The number of hydrogen-bond acceptors (Lipinski definition) is 2. The fourth-order valence-electron chi connectivity index (χ4n) is 2.75. The van der Waals surface area contributed by atoms with E-state index in [9.17, 15) is 18.0 Å². The molecule has 124 valence electrons. The monoisotopic (exact) mass is 389 g/mol. The van der Waals surface area contributed by atoms with E-state index >= 15 is 0 Å². The lowest BCUT2D eigenvalue weighted by molar-refractivity contribution is -0.148. The van der Waals surface area contributed by atoms with Crippen LogP contribution in [0.3, 0.4) is 0 Å². The van der Waals surface area contributed by atoms with Crippen LogP contribution in [0, 0.1) is 0 Å². The second-order valence-corrected chi connectivity index (χ2v) is 6.51. The third kappa shape index (κ3) is 3.87. The summed E-state index contributed by atoms with van der Waals surface area (Å²) in [5, 5.41) is 0.915. The van der Waals surface area contributed by atoms with E-state index in [1.54, 1.807) is 11.0 Å². The molecule has 1 amide bonds. The Balaban J connectivity index is 1.66. The standard InChI is InChI=1S/C15H15BrF3N3O/c16-11-1-2-12-10(7-11)8-13(20-12)14(23)22-5-3-21(4-6-22)9-15(17,18)19/h1-2,7-8,20H,3-6,9H2. The van der Waals surface area contributed by atoms with Crippen LogP contribution < -0.4 is 0 Å². The first-order valence-corrected chi connectivity index (χ1v) is 7.98. The van der Waals surface area contributed by atoms with Gasteiger partial charge in [0.15, 0.2) is 0 Å². The highest BCUT2D eigenvalue weighted by molar-refractivity contribution is 9.10. The summed E-state index contributed by atoms with van der Waals surface area (Å²) in [6, 6.07) is 7.43. The fourth-order valence-corrected chi connectivity index (χ4v) is 3.13. The number of aromatic nitrogens is 1. The summed E-state index contributed by atoms with van der Waals surface area (Å²) < 4.78 is 38.1. The average Bonchev–Trinajstić information content (AvgIpc) is 2.88. The molecular formula is C15H15BrF3N3O. The fraction of sp³-hybridized carbons (Fsp3) is 0.400. The van der Waals surface area contributed by atoms with Gasteiger partial charge in [-0.25, -0.2) is 0 Å². The number of alkyl halides is 3. The number of hydrogen-bond donors (Lipinski definition) is 1. The minimum absolute atomic E-state index is 0.177. The lowest BCUT2D eigenvalue weighted by atomic mass is 10.2. The average molecular weight is 390 g/mol. The van der Waals surface area contributed by atoms with E-state index in [1.807, 2.05) is 18.2 Å². The molecule has 2 aromatic rings. The van der Waals surface area contributed by atoms with Gasteiger partial charge < -0.3 is 9.88 Å². The number of amides is 1. The maximum absolute atomic E-state index is 12.5.